The summed E-state index contributed by atoms with van der Waals surface area (Å²) in [6.45, 7) is 8.23. The number of amides is 1. The third-order valence-electron chi connectivity index (χ3n) is 5.64. The van der Waals surface area contributed by atoms with Crippen molar-refractivity contribution in [1.29, 1.82) is 0 Å². The van der Waals surface area contributed by atoms with E-state index in [9.17, 15) is 13.2 Å². The zero-order valence-electron chi connectivity index (χ0n) is 18.6. The summed E-state index contributed by atoms with van der Waals surface area (Å²) >= 11 is 5.99. The van der Waals surface area contributed by atoms with Gasteiger partial charge in [0.05, 0.1) is 11.4 Å². The van der Waals surface area contributed by atoms with Crippen LogP contribution in [0.5, 0.6) is 0 Å². The van der Waals surface area contributed by atoms with Crippen LogP contribution in [0.3, 0.4) is 0 Å². The molecule has 31 heavy (non-hydrogen) atoms. The van der Waals surface area contributed by atoms with Crippen LogP contribution in [0.2, 0.25) is 5.02 Å². The highest BCUT2D eigenvalue weighted by atomic mass is 35.5. The Balaban J connectivity index is 1.94. The summed E-state index contributed by atoms with van der Waals surface area (Å²) < 4.78 is 28.8. The van der Waals surface area contributed by atoms with Crippen molar-refractivity contribution >= 4 is 27.5 Å². The fourth-order valence-corrected chi connectivity index (χ4v) is 5.94. The maximum Gasteiger partial charge on any atom is 0.244 e. The number of sulfonamides is 1. The van der Waals surface area contributed by atoms with Gasteiger partial charge in [0.2, 0.25) is 15.9 Å². The fraction of sp³-hybridized carbons (Fsp3) is 0.435. The topological polar surface area (TPSA) is 60.9 Å². The van der Waals surface area contributed by atoms with Gasteiger partial charge in [-0.1, -0.05) is 41.4 Å². The summed E-state index contributed by atoms with van der Waals surface area (Å²) in [6, 6.07) is 10.8. The van der Waals surface area contributed by atoms with Crippen molar-refractivity contribution in [2.24, 2.45) is 0 Å². The second-order valence-corrected chi connectivity index (χ2v) is 10.6. The Morgan fingerprint density at radius 2 is 1.55 bits per heavy atom. The maximum absolute atomic E-state index is 13.7. The summed E-state index contributed by atoms with van der Waals surface area (Å²) in [5.41, 5.74) is 3.16. The van der Waals surface area contributed by atoms with Crippen molar-refractivity contribution in [2.75, 3.05) is 39.8 Å². The number of carbonyl (C=O) groups is 1. The number of halogens is 1. The molecule has 0 N–H and O–H groups in total. The lowest BCUT2D eigenvalue weighted by molar-refractivity contribution is -0.133. The Hall–Kier alpha value is -1.93. The van der Waals surface area contributed by atoms with Crippen LogP contribution < -0.4 is 0 Å². The molecule has 1 aliphatic rings. The number of piperazine rings is 1. The van der Waals surface area contributed by atoms with Gasteiger partial charge in [-0.3, -0.25) is 4.79 Å². The molecule has 0 bridgehead atoms. The molecule has 3 rings (SSSR count). The minimum atomic E-state index is -3.89. The summed E-state index contributed by atoms with van der Waals surface area (Å²) in [5.74, 6) is -0.173. The lowest BCUT2D eigenvalue weighted by Gasteiger charge is -2.34. The molecule has 6 nitrogen and oxygen atoms in total. The van der Waals surface area contributed by atoms with E-state index in [1.54, 1.807) is 43.0 Å². The number of benzene rings is 2. The Morgan fingerprint density at radius 1 is 1.00 bits per heavy atom. The molecule has 2 aromatic rings. The molecule has 1 aliphatic heterocycles. The van der Waals surface area contributed by atoms with Crippen LogP contribution in [-0.4, -0.2) is 68.2 Å². The van der Waals surface area contributed by atoms with Gasteiger partial charge >= 0.3 is 0 Å². The number of hydrogen-bond acceptors (Lipinski definition) is 4. The Labute approximate surface area is 190 Å². The number of hydrogen-bond donors (Lipinski definition) is 0. The second-order valence-electron chi connectivity index (χ2n) is 8.31. The molecule has 0 unspecified atom stereocenters. The highest BCUT2D eigenvalue weighted by Crippen LogP contribution is 2.27. The van der Waals surface area contributed by atoms with E-state index in [0.717, 1.165) is 24.2 Å². The molecule has 1 saturated heterocycles. The molecule has 168 valence electrons. The number of likely N-dealkylation sites (N-methyl/N-ethyl adjacent to an activating group) is 1. The third-order valence-corrected chi connectivity index (χ3v) is 7.99. The largest absolute Gasteiger partial charge is 0.339 e. The first-order valence-corrected chi connectivity index (χ1v) is 12.2. The molecule has 1 heterocycles. The monoisotopic (exact) mass is 463 g/mol. The van der Waals surface area contributed by atoms with Gasteiger partial charge in [-0.25, -0.2) is 8.42 Å². The average molecular weight is 464 g/mol. The third kappa shape index (κ3) is 5.66. The van der Waals surface area contributed by atoms with Gasteiger partial charge in [-0.15, -0.1) is 0 Å². The van der Waals surface area contributed by atoms with Gasteiger partial charge in [0.25, 0.3) is 0 Å². The molecule has 8 heteroatoms. The molecule has 1 fully saturated rings. The lowest BCUT2D eigenvalue weighted by atomic mass is 10.1. The Kier molecular flexibility index (Phi) is 7.42. The Bertz CT molecular complexity index is 1020. The van der Waals surface area contributed by atoms with Crippen LogP contribution in [0.1, 0.15) is 22.3 Å². The number of rotatable bonds is 6. The molecule has 0 aromatic heterocycles. The van der Waals surface area contributed by atoms with Crippen molar-refractivity contribution in [1.82, 2.24) is 14.1 Å². The van der Waals surface area contributed by atoms with E-state index in [4.69, 9.17) is 11.6 Å². The van der Waals surface area contributed by atoms with Crippen molar-refractivity contribution in [2.45, 2.75) is 32.2 Å². The van der Waals surface area contributed by atoms with Crippen molar-refractivity contribution in [3.8, 4) is 0 Å². The van der Waals surface area contributed by atoms with E-state index in [-0.39, 0.29) is 23.9 Å². The number of aryl methyl sites for hydroxylation is 3. The van der Waals surface area contributed by atoms with Crippen molar-refractivity contribution in [3.63, 3.8) is 0 Å². The van der Waals surface area contributed by atoms with Crippen LogP contribution in [-0.2, 0) is 21.4 Å². The van der Waals surface area contributed by atoms with Gasteiger partial charge in [0, 0.05) is 37.7 Å². The highest BCUT2D eigenvalue weighted by Gasteiger charge is 2.31. The van der Waals surface area contributed by atoms with Crippen molar-refractivity contribution < 1.29 is 13.2 Å². The summed E-state index contributed by atoms with van der Waals surface area (Å²) in [6.07, 6.45) is 0. The first kappa shape index (κ1) is 23.7. The van der Waals surface area contributed by atoms with E-state index in [1.165, 1.54) is 4.31 Å². The minimum Gasteiger partial charge on any atom is -0.339 e. The van der Waals surface area contributed by atoms with E-state index in [2.05, 4.69) is 4.90 Å². The minimum absolute atomic E-state index is 0.103. The van der Waals surface area contributed by atoms with Gasteiger partial charge in [0.15, 0.2) is 0 Å². The SMILES string of the molecule is Cc1cc(C)c(S(=O)(=O)N(CC(=O)N2CCN(C)CC2)Cc2ccc(Cl)cc2)c(C)c1. The van der Waals surface area contributed by atoms with Crippen LogP contribution in [0.4, 0.5) is 0 Å². The molecular formula is C23H30ClN3O3S. The second kappa shape index (κ2) is 9.69. The Morgan fingerprint density at radius 3 is 2.10 bits per heavy atom. The van der Waals surface area contributed by atoms with Crippen LogP contribution >= 0.6 is 11.6 Å². The first-order chi connectivity index (χ1) is 14.6. The van der Waals surface area contributed by atoms with E-state index >= 15 is 0 Å². The average Bonchev–Trinajstić information content (AvgIpc) is 2.68. The molecule has 2 aromatic carbocycles. The zero-order chi connectivity index (χ0) is 22.8. The maximum atomic E-state index is 13.7. The number of carbonyl (C=O) groups excluding carboxylic acids is 1. The molecule has 0 aliphatic carbocycles. The van der Waals surface area contributed by atoms with Crippen molar-refractivity contribution in [3.05, 3.63) is 63.7 Å². The summed E-state index contributed by atoms with van der Waals surface area (Å²) in [5, 5.41) is 0.580. The van der Waals surface area contributed by atoms with Gasteiger partial charge in [-0.05, 0) is 56.6 Å². The fourth-order valence-electron chi connectivity index (χ4n) is 4.03. The molecule has 0 radical (unpaired) electrons. The molecular weight excluding hydrogens is 434 g/mol. The molecule has 1 amide bonds. The molecule has 0 spiro atoms. The van der Waals surface area contributed by atoms with E-state index in [1.807, 2.05) is 26.1 Å². The summed E-state index contributed by atoms with van der Waals surface area (Å²) in [4.78, 5) is 17.2. The predicted molar refractivity (Wildman–Crippen MR) is 124 cm³/mol. The quantitative estimate of drug-likeness (QED) is 0.659. The van der Waals surface area contributed by atoms with Crippen LogP contribution in [0, 0.1) is 20.8 Å². The lowest BCUT2D eigenvalue weighted by Crippen LogP contribution is -2.50. The van der Waals surface area contributed by atoms with Crippen LogP contribution in [0.15, 0.2) is 41.3 Å². The van der Waals surface area contributed by atoms with E-state index in [0.29, 0.717) is 29.2 Å². The normalized spacial score (nSPS) is 15.5. The summed E-state index contributed by atoms with van der Waals surface area (Å²) in [7, 11) is -1.87. The number of nitrogens with zero attached hydrogens (tertiary/aromatic N) is 3. The first-order valence-electron chi connectivity index (χ1n) is 10.4. The molecule has 0 saturated carbocycles. The predicted octanol–water partition coefficient (Wildman–Crippen LogP) is 3.23. The van der Waals surface area contributed by atoms with Gasteiger partial charge in [-0.2, -0.15) is 4.31 Å². The van der Waals surface area contributed by atoms with Gasteiger partial charge < -0.3 is 9.80 Å². The van der Waals surface area contributed by atoms with Gasteiger partial charge in [0.1, 0.15) is 0 Å². The smallest absolute Gasteiger partial charge is 0.244 e. The highest BCUT2D eigenvalue weighted by molar-refractivity contribution is 7.89. The standard InChI is InChI=1S/C23H30ClN3O3S/c1-17-13-18(2)23(19(3)14-17)31(29,30)27(15-20-5-7-21(24)8-6-20)16-22(28)26-11-9-25(4)10-12-26/h5-8,13-14H,9-12,15-16H2,1-4H3. The zero-order valence-corrected chi connectivity index (χ0v) is 20.1. The van der Waals surface area contributed by atoms with E-state index < -0.39 is 10.0 Å². The van der Waals surface area contributed by atoms with Crippen LogP contribution in [0.25, 0.3) is 0 Å². The molecule has 0 atom stereocenters.